The maximum Gasteiger partial charge on any atom is 0.322 e. The average molecular weight is 1670 g/mol. The second kappa shape index (κ2) is 35.6. The molecule has 2 atom stereocenters. The standard InChI is InChI=1S/C23H26N4O3S.C23H28N4O2S.C22H25N7OS.C18H21N5O2S/c1-14-15(2)31-23-20(14)21(25-13-26-23)27-9-7-16(8-10-27)22(28)24-11-17-12-29-18-5-3-4-6-19(18)30-17;1-28-17-6-8-18(9-7-17)29-15-14-26-10-12-27(13-11-26)22-21-19-4-2-3-5-20(19)30-23(21)25-16-24-22;1-14-15(2)31-22-19(14)20(24-13-25-22)28-11-7-16(8-12-28)21(30)23-9-6-18-27-26-17-5-3-4-10-29(17)18;1-10-2-3-11-12(8-10)26-15-13(11)14(19-9-20-15)23-6-4-18(5-7-23)16(24)21-17(25)22-18/h3-6,13,16-17H,7-12H2,1-2H3,(H,24,28);6-9,16H,2-5,10-15H2,1H3;3-5,10,13,16H,6-9,11-12H2,1-2H3,(H,23,30);9-10H,2-8H2,1H3,(H2,21,22,24,25). The number of nitrogens with one attached hydrogen (secondary N) is 4. The van der Waals surface area contributed by atoms with E-state index in [0.29, 0.717) is 58.7 Å². The Morgan fingerprint density at radius 3 is 1.73 bits per heavy atom. The number of imide groups is 1. The number of aromatic nitrogens is 11. The van der Waals surface area contributed by atoms with E-state index in [9.17, 15) is 19.2 Å². The topological polar surface area (TPSA) is 303 Å². The smallest absolute Gasteiger partial charge is 0.322 e. The molecule has 6 aliphatic heterocycles. The van der Waals surface area contributed by atoms with Crippen LogP contribution in [0.5, 0.6) is 23.0 Å². The highest BCUT2D eigenvalue weighted by Gasteiger charge is 2.48. The number of methoxy groups -OCH3 is 1. The van der Waals surface area contributed by atoms with Crippen molar-refractivity contribution in [3.63, 3.8) is 0 Å². The van der Waals surface area contributed by atoms with Crippen molar-refractivity contribution in [3.8, 4) is 23.0 Å². The minimum Gasteiger partial charge on any atom is -0.497 e. The van der Waals surface area contributed by atoms with Gasteiger partial charge in [-0.25, -0.2) is 44.7 Å². The van der Waals surface area contributed by atoms with E-state index in [1.54, 1.807) is 66.4 Å². The Morgan fingerprint density at radius 2 is 1.12 bits per heavy atom. The molecule has 0 bridgehead atoms. The summed E-state index contributed by atoms with van der Waals surface area (Å²) in [4.78, 5) is 107. The molecule has 5 amide bonds. The summed E-state index contributed by atoms with van der Waals surface area (Å²) in [6.45, 7) is 22.7. The third kappa shape index (κ3) is 17.1. The maximum absolute atomic E-state index is 12.7. The molecule has 5 saturated heterocycles. The van der Waals surface area contributed by atoms with E-state index in [-0.39, 0.29) is 41.7 Å². The molecule has 8 aliphatic rings. The number of carbonyl (C=O) groups is 4. The molecular weight excluding hydrogens is 1570 g/mol. The molecule has 118 heavy (non-hydrogen) atoms. The minimum absolute atomic E-state index is 0.00989. The van der Waals surface area contributed by atoms with Gasteiger partial charge < -0.3 is 54.5 Å². The van der Waals surface area contributed by atoms with Crippen molar-refractivity contribution in [2.75, 3.05) is 125 Å². The lowest BCUT2D eigenvalue weighted by Gasteiger charge is -2.37. The number of amides is 5. The predicted molar refractivity (Wildman–Crippen MR) is 463 cm³/mol. The second-order valence-electron chi connectivity index (χ2n) is 31.8. The summed E-state index contributed by atoms with van der Waals surface area (Å²) >= 11 is 7.11. The van der Waals surface area contributed by atoms with Gasteiger partial charge in [0.15, 0.2) is 17.1 Å². The zero-order valence-corrected chi connectivity index (χ0v) is 70.9. The molecule has 5 fully saturated rings. The molecule has 1 spiro atoms. The van der Waals surface area contributed by atoms with Crippen LogP contribution in [0.1, 0.15) is 112 Å². The van der Waals surface area contributed by atoms with Crippen LogP contribution >= 0.6 is 45.3 Å². The number of aryl methyl sites for hydroxylation is 7. The Kier molecular flexibility index (Phi) is 24.1. The van der Waals surface area contributed by atoms with Gasteiger partial charge in [-0.2, -0.15) is 0 Å². The van der Waals surface area contributed by atoms with Crippen LogP contribution in [0.3, 0.4) is 0 Å². The first-order chi connectivity index (χ1) is 57.6. The molecule has 16 heterocycles. The number of pyridine rings is 1. The molecule has 2 aromatic carbocycles. The summed E-state index contributed by atoms with van der Waals surface area (Å²) in [6.07, 6.45) is 22.0. The van der Waals surface area contributed by atoms with E-state index in [1.165, 1.54) is 89.5 Å². The molecule has 0 saturated carbocycles. The van der Waals surface area contributed by atoms with Gasteiger partial charge in [0.25, 0.3) is 5.91 Å². The molecular formula is C86H100N20O8S4. The van der Waals surface area contributed by atoms with Gasteiger partial charge in [0.1, 0.15) is 110 Å². The summed E-state index contributed by atoms with van der Waals surface area (Å²) in [5, 5.41) is 24.6. The van der Waals surface area contributed by atoms with Crippen LogP contribution in [0, 0.1) is 45.4 Å². The molecule has 2 unspecified atom stereocenters. The SMILES string of the molecule is CC1CCc2c(sc3ncnc(N4CCC5(CC4)NC(=O)NC5=O)c23)C1.COc1ccc(OCCN2CCN(c3ncnc4sc5c(c34)CCCC5)CC2)cc1.Cc1sc2ncnc(N3CCC(C(=O)NCC4COc5ccccc5O4)CC3)c2c1C.Cc1sc2ncnc(N3CCC(C(=O)NCCc4nnc5ccccn45)CC3)c2c1C. The van der Waals surface area contributed by atoms with Crippen molar-refractivity contribution >= 4 is 139 Å². The van der Waals surface area contributed by atoms with Gasteiger partial charge in [0.2, 0.25) is 11.8 Å². The lowest BCUT2D eigenvalue weighted by atomic mass is 9.87. The number of rotatable bonds is 16. The average Bonchev–Trinajstić information content (AvgIpc) is 1.60. The number of para-hydroxylation sites is 2. The van der Waals surface area contributed by atoms with Crippen LogP contribution in [0.2, 0.25) is 0 Å². The molecule has 4 N–H and O–H groups in total. The Morgan fingerprint density at radius 1 is 0.576 bits per heavy atom. The van der Waals surface area contributed by atoms with Gasteiger partial charge in [-0.05, 0) is 188 Å². The Balaban J connectivity index is 0.000000113. The third-order valence-electron chi connectivity index (χ3n) is 24.5. The maximum atomic E-state index is 12.7. The highest BCUT2D eigenvalue weighted by molar-refractivity contribution is 7.20. The number of fused-ring (bicyclic) bond motifs is 10. The largest absolute Gasteiger partial charge is 0.497 e. The summed E-state index contributed by atoms with van der Waals surface area (Å²) in [7, 11) is 1.68. The number of hydrogen-bond acceptors (Lipinski definition) is 27. The molecule has 20 rings (SSSR count). The van der Waals surface area contributed by atoms with Crippen molar-refractivity contribution in [1.29, 1.82) is 0 Å². The second-order valence-corrected chi connectivity index (χ2v) is 36.4. The van der Waals surface area contributed by atoms with E-state index >= 15 is 0 Å². The first-order valence-electron chi connectivity index (χ1n) is 41.4. The van der Waals surface area contributed by atoms with Crippen molar-refractivity contribution in [2.45, 2.75) is 136 Å². The van der Waals surface area contributed by atoms with Gasteiger partial charge in [0.05, 0.1) is 35.2 Å². The predicted octanol–water partition coefficient (Wildman–Crippen LogP) is 12.2. The van der Waals surface area contributed by atoms with Gasteiger partial charge in [-0.1, -0.05) is 25.1 Å². The quantitative estimate of drug-likeness (QED) is 0.0653. The van der Waals surface area contributed by atoms with Crippen LogP contribution in [-0.2, 0) is 46.5 Å². The third-order valence-corrected chi connectivity index (χ3v) is 29.1. The van der Waals surface area contributed by atoms with Crippen molar-refractivity contribution in [2.24, 2.45) is 17.8 Å². The number of nitrogens with zero attached hydrogens (tertiary/aromatic N) is 16. The molecule has 32 heteroatoms. The van der Waals surface area contributed by atoms with Crippen molar-refractivity contribution < 1.29 is 38.1 Å². The number of benzene rings is 2. The van der Waals surface area contributed by atoms with Crippen molar-refractivity contribution in [1.82, 2.24) is 80.6 Å². The lowest BCUT2D eigenvalue weighted by molar-refractivity contribution is -0.126. The zero-order chi connectivity index (χ0) is 81.0. The molecule has 12 aromatic rings. The fourth-order valence-electron chi connectivity index (χ4n) is 17.5. The fourth-order valence-corrected chi connectivity index (χ4v) is 22.0. The Hall–Kier alpha value is -10.5. The number of thiophene rings is 4. The van der Waals surface area contributed by atoms with Crippen molar-refractivity contribution in [3.05, 3.63) is 146 Å². The van der Waals surface area contributed by atoms with Gasteiger partial charge in [0, 0.05) is 122 Å². The van der Waals surface area contributed by atoms with Gasteiger partial charge >= 0.3 is 6.03 Å². The molecule has 2 aliphatic carbocycles. The highest BCUT2D eigenvalue weighted by Crippen LogP contribution is 2.44. The van der Waals surface area contributed by atoms with Crippen LogP contribution in [0.15, 0.2) is 98.2 Å². The zero-order valence-electron chi connectivity index (χ0n) is 67.6. The monoisotopic (exact) mass is 1670 g/mol. The first kappa shape index (κ1) is 79.9. The number of piperazine rings is 1. The number of ether oxygens (including phenoxy) is 4. The molecule has 616 valence electrons. The van der Waals surface area contributed by atoms with E-state index in [0.717, 1.165) is 186 Å². The van der Waals surface area contributed by atoms with Crippen LogP contribution in [0.4, 0.5) is 28.1 Å². The molecule has 28 nitrogen and oxygen atoms in total. The Labute approximate surface area is 700 Å². The van der Waals surface area contributed by atoms with Crippen LogP contribution in [-0.4, -0.2) is 200 Å². The summed E-state index contributed by atoms with van der Waals surface area (Å²) in [6, 6.07) is 20.8. The number of urea groups is 1. The highest BCUT2D eigenvalue weighted by atomic mass is 32.1. The van der Waals surface area contributed by atoms with Crippen LogP contribution < -0.4 is 59.8 Å². The fraction of sp³-hybridized carbons (Fsp3) is 0.465. The first-order valence-corrected chi connectivity index (χ1v) is 44.6. The number of anilines is 4. The van der Waals surface area contributed by atoms with E-state index in [1.807, 2.05) is 88.7 Å². The van der Waals surface area contributed by atoms with Gasteiger partial charge in [-0.3, -0.25) is 29.0 Å². The molecule has 10 aromatic heterocycles. The van der Waals surface area contributed by atoms with E-state index in [2.05, 4.69) is 125 Å². The summed E-state index contributed by atoms with van der Waals surface area (Å²) in [5.74, 6) is 9.03. The lowest BCUT2D eigenvalue weighted by Crippen LogP contribution is -2.55. The van der Waals surface area contributed by atoms with Crippen LogP contribution in [0.25, 0.3) is 46.5 Å². The van der Waals surface area contributed by atoms with Gasteiger partial charge in [-0.15, -0.1) is 55.5 Å². The minimum atomic E-state index is -0.747. The number of carbonyl (C=O) groups excluding carboxylic acids is 4. The Bertz CT molecular complexity index is 5620. The summed E-state index contributed by atoms with van der Waals surface area (Å²) < 4.78 is 24.7. The number of hydrogen-bond donors (Lipinski definition) is 4. The normalized spacial score (nSPS) is 18.7. The number of piperidine rings is 3. The van der Waals surface area contributed by atoms with E-state index < -0.39 is 5.54 Å². The molecule has 0 radical (unpaired) electrons. The van der Waals surface area contributed by atoms with E-state index in [4.69, 9.17) is 23.9 Å². The summed E-state index contributed by atoms with van der Waals surface area (Å²) in [5.41, 5.74) is 5.54.